The number of carbonyl (C=O) groups is 2. The molecule has 1 amide bonds. The molecule has 10 heteroatoms. The molecular formula is C16H21F3N2O4S. The van der Waals surface area contributed by atoms with Gasteiger partial charge >= 0.3 is 12.1 Å². The first kappa shape index (κ1) is 20.7. The maximum absolute atomic E-state index is 12.5. The molecule has 2 aliphatic rings. The van der Waals surface area contributed by atoms with Crippen LogP contribution in [0, 0.1) is 11.3 Å². The summed E-state index contributed by atoms with van der Waals surface area (Å²) in [5, 5.41) is 12.3. The highest BCUT2D eigenvalue weighted by atomic mass is 32.1. The van der Waals surface area contributed by atoms with Gasteiger partial charge in [0.05, 0.1) is 18.6 Å². The number of likely N-dealkylation sites (tertiary alicyclic amines) is 1. The third-order valence-electron chi connectivity index (χ3n) is 4.48. The van der Waals surface area contributed by atoms with Gasteiger partial charge < -0.3 is 20.1 Å². The molecule has 6 nitrogen and oxygen atoms in total. The zero-order valence-corrected chi connectivity index (χ0v) is 15.0. The van der Waals surface area contributed by atoms with E-state index in [2.05, 4.69) is 28.7 Å². The number of hydrogen-bond donors (Lipinski definition) is 2. The van der Waals surface area contributed by atoms with E-state index in [4.69, 9.17) is 14.6 Å². The van der Waals surface area contributed by atoms with Crippen molar-refractivity contribution in [1.82, 2.24) is 10.2 Å². The summed E-state index contributed by atoms with van der Waals surface area (Å²) in [4.78, 5) is 25.0. The van der Waals surface area contributed by atoms with Crippen molar-refractivity contribution in [2.24, 2.45) is 11.3 Å². The Bertz CT molecular complexity index is 624. The van der Waals surface area contributed by atoms with Crippen LogP contribution in [0.5, 0.6) is 0 Å². The van der Waals surface area contributed by atoms with E-state index in [0.29, 0.717) is 12.5 Å². The highest BCUT2D eigenvalue weighted by Gasteiger charge is 2.54. The Morgan fingerprint density at radius 2 is 2.19 bits per heavy atom. The van der Waals surface area contributed by atoms with Crippen LogP contribution in [0.3, 0.4) is 0 Å². The summed E-state index contributed by atoms with van der Waals surface area (Å²) in [6.45, 7) is 3.81. The monoisotopic (exact) mass is 394 g/mol. The lowest BCUT2D eigenvalue weighted by molar-refractivity contribution is -0.192. The lowest BCUT2D eigenvalue weighted by atomic mass is 9.80. The lowest BCUT2D eigenvalue weighted by Gasteiger charge is -2.25. The van der Waals surface area contributed by atoms with Crippen LogP contribution in [0.25, 0.3) is 0 Å². The summed E-state index contributed by atoms with van der Waals surface area (Å²) < 4.78 is 37.3. The van der Waals surface area contributed by atoms with Crippen molar-refractivity contribution in [2.45, 2.75) is 12.6 Å². The van der Waals surface area contributed by atoms with Gasteiger partial charge in [-0.3, -0.25) is 4.79 Å². The number of amides is 1. The Balaban J connectivity index is 0.000000298. The molecule has 0 aromatic carbocycles. The molecule has 0 saturated carbocycles. The van der Waals surface area contributed by atoms with Crippen molar-refractivity contribution < 1.29 is 32.6 Å². The molecule has 1 aromatic rings. The summed E-state index contributed by atoms with van der Waals surface area (Å²) in [6.07, 6.45) is -4.17. The predicted octanol–water partition coefficient (Wildman–Crippen LogP) is 1.62. The first-order chi connectivity index (χ1) is 12.1. The van der Waals surface area contributed by atoms with Crippen LogP contribution in [0.1, 0.15) is 4.88 Å². The number of carboxylic acid groups (broad SMARTS) is 1. The number of halogens is 3. The van der Waals surface area contributed by atoms with Crippen LogP contribution in [0.4, 0.5) is 13.2 Å². The Kier molecular flexibility index (Phi) is 6.64. The quantitative estimate of drug-likeness (QED) is 0.812. The fourth-order valence-electron chi connectivity index (χ4n) is 3.24. The minimum atomic E-state index is -5.08. The number of hydrogen-bond acceptors (Lipinski definition) is 5. The number of carbonyl (C=O) groups excluding carboxylic acids is 1. The largest absolute Gasteiger partial charge is 0.490 e. The Hall–Kier alpha value is -1.65. The van der Waals surface area contributed by atoms with Gasteiger partial charge in [-0.05, 0) is 24.9 Å². The minimum absolute atomic E-state index is 0.177. The van der Waals surface area contributed by atoms with E-state index in [1.165, 1.54) is 4.88 Å². The normalized spacial score (nSPS) is 25.3. The molecule has 2 fully saturated rings. The fourth-order valence-corrected chi connectivity index (χ4v) is 3.95. The summed E-state index contributed by atoms with van der Waals surface area (Å²) in [6, 6.07) is 4.16. The van der Waals surface area contributed by atoms with Gasteiger partial charge in [0.25, 0.3) is 0 Å². The van der Waals surface area contributed by atoms with E-state index in [1.807, 2.05) is 6.07 Å². The van der Waals surface area contributed by atoms with E-state index in [1.54, 1.807) is 11.3 Å². The average Bonchev–Trinajstić information content (AvgIpc) is 3.22. The van der Waals surface area contributed by atoms with E-state index >= 15 is 0 Å². The van der Waals surface area contributed by atoms with Gasteiger partial charge in [0, 0.05) is 30.4 Å². The van der Waals surface area contributed by atoms with Gasteiger partial charge in [0.1, 0.15) is 0 Å². The second-order valence-electron chi connectivity index (χ2n) is 6.45. The molecule has 0 unspecified atom stereocenters. The summed E-state index contributed by atoms with van der Waals surface area (Å²) in [7, 11) is 2.08. The van der Waals surface area contributed by atoms with Crippen LogP contribution in [-0.4, -0.2) is 68.0 Å². The van der Waals surface area contributed by atoms with Crippen LogP contribution in [-0.2, 0) is 20.7 Å². The standard InChI is InChI=1S/C14H20N2O2S.C2HF3O2/c1-16-7-11-8-18-10-14(11,9-16)13(17)15-5-4-12-3-2-6-19-12;3-2(4,5)1(6)7/h2-3,6,11H,4-5,7-10H2,1H3,(H,15,17);(H,6,7)/t11-,14-;/m1./s1. The molecule has 3 heterocycles. The number of nitrogens with zero attached hydrogens (tertiary/aromatic N) is 1. The molecule has 26 heavy (non-hydrogen) atoms. The van der Waals surface area contributed by atoms with Crippen LogP contribution in [0.2, 0.25) is 0 Å². The maximum Gasteiger partial charge on any atom is 0.490 e. The number of carboxylic acids is 1. The van der Waals surface area contributed by atoms with Gasteiger partial charge in [-0.1, -0.05) is 6.07 Å². The van der Waals surface area contributed by atoms with Crippen molar-refractivity contribution in [2.75, 3.05) is 39.9 Å². The number of aliphatic carboxylic acids is 1. The molecule has 0 aliphatic carbocycles. The van der Waals surface area contributed by atoms with E-state index in [-0.39, 0.29) is 11.3 Å². The molecule has 3 rings (SSSR count). The second kappa shape index (κ2) is 8.36. The SMILES string of the molecule is CN1C[C@@H]2COC[C@]2(C(=O)NCCc2cccs2)C1.O=C(O)C(F)(F)F. The van der Waals surface area contributed by atoms with Crippen molar-refractivity contribution in [3.63, 3.8) is 0 Å². The van der Waals surface area contributed by atoms with E-state index in [9.17, 15) is 18.0 Å². The van der Waals surface area contributed by atoms with Crippen molar-refractivity contribution in [1.29, 1.82) is 0 Å². The van der Waals surface area contributed by atoms with Gasteiger partial charge in [0.2, 0.25) is 5.91 Å². The number of fused-ring (bicyclic) bond motifs is 1. The zero-order valence-electron chi connectivity index (χ0n) is 14.2. The topological polar surface area (TPSA) is 78.9 Å². The predicted molar refractivity (Wildman–Crippen MR) is 89.0 cm³/mol. The van der Waals surface area contributed by atoms with E-state index < -0.39 is 12.1 Å². The van der Waals surface area contributed by atoms with Crippen molar-refractivity contribution in [3.8, 4) is 0 Å². The number of alkyl halides is 3. The molecule has 0 radical (unpaired) electrons. The Labute approximate surface area is 152 Å². The lowest BCUT2D eigenvalue weighted by Crippen LogP contribution is -2.47. The molecule has 0 bridgehead atoms. The molecule has 2 N–H and O–H groups in total. The number of rotatable bonds is 4. The Morgan fingerprint density at radius 3 is 2.77 bits per heavy atom. The second-order valence-corrected chi connectivity index (χ2v) is 7.49. The molecule has 2 atom stereocenters. The van der Waals surface area contributed by atoms with Gasteiger partial charge in [-0.2, -0.15) is 13.2 Å². The maximum atomic E-state index is 12.5. The van der Waals surface area contributed by atoms with Gasteiger partial charge in [0.15, 0.2) is 0 Å². The molecule has 2 saturated heterocycles. The molecular weight excluding hydrogens is 373 g/mol. The number of thiophene rings is 1. The first-order valence-electron chi connectivity index (χ1n) is 8.02. The minimum Gasteiger partial charge on any atom is -0.475 e. The number of ether oxygens (including phenoxy) is 1. The average molecular weight is 394 g/mol. The molecule has 146 valence electrons. The summed E-state index contributed by atoms with van der Waals surface area (Å²) in [5.41, 5.74) is -0.301. The van der Waals surface area contributed by atoms with Gasteiger partial charge in [-0.25, -0.2) is 4.79 Å². The van der Waals surface area contributed by atoms with E-state index in [0.717, 1.165) is 32.7 Å². The molecule has 1 aromatic heterocycles. The highest BCUT2D eigenvalue weighted by Crippen LogP contribution is 2.40. The number of nitrogens with one attached hydrogen (secondary N) is 1. The first-order valence-corrected chi connectivity index (χ1v) is 8.90. The Morgan fingerprint density at radius 1 is 1.50 bits per heavy atom. The van der Waals surface area contributed by atoms with Crippen LogP contribution in [0.15, 0.2) is 17.5 Å². The highest BCUT2D eigenvalue weighted by molar-refractivity contribution is 7.09. The smallest absolute Gasteiger partial charge is 0.475 e. The van der Waals surface area contributed by atoms with Gasteiger partial charge in [-0.15, -0.1) is 11.3 Å². The fraction of sp³-hybridized carbons (Fsp3) is 0.625. The van der Waals surface area contributed by atoms with Crippen LogP contribution >= 0.6 is 11.3 Å². The molecule has 2 aliphatic heterocycles. The third-order valence-corrected chi connectivity index (χ3v) is 5.41. The van der Waals surface area contributed by atoms with Crippen molar-refractivity contribution in [3.05, 3.63) is 22.4 Å². The molecule has 0 spiro atoms. The zero-order chi connectivity index (χ0) is 19.4. The summed E-state index contributed by atoms with van der Waals surface area (Å²) in [5.74, 6) is -2.22. The third kappa shape index (κ3) is 4.95. The van der Waals surface area contributed by atoms with Crippen molar-refractivity contribution >= 4 is 23.2 Å². The summed E-state index contributed by atoms with van der Waals surface area (Å²) >= 11 is 1.74. The van der Waals surface area contributed by atoms with Crippen LogP contribution < -0.4 is 5.32 Å².